The molecule has 1 heterocycles. The van der Waals surface area contributed by atoms with Crippen molar-refractivity contribution < 1.29 is 0 Å². The lowest BCUT2D eigenvalue weighted by Crippen LogP contribution is -2.31. The second kappa shape index (κ2) is 6.97. The van der Waals surface area contributed by atoms with Crippen molar-refractivity contribution in [2.24, 2.45) is 11.7 Å². The first kappa shape index (κ1) is 16.4. The number of benzene rings is 2. The van der Waals surface area contributed by atoms with E-state index < -0.39 is 0 Å². The second-order valence-corrected chi connectivity index (χ2v) is 6.45. The molecule has 0 amide bonds. The fourth-order valence-corrected chi connectivity index (χ4v) is 3.06. The lowest BCUT2D eigenvalue weighted by Gasteiger charge is -2.23. The van der Waals surface area contributed by atoms with Crippen molar-refractivity contribution in [3.8, 4) is 0 Å². The van der Waals surface area contributed by atoms with E-state index in [0.717, 1.165) is 16.9 Å². The predicted molar refractivity (Wildman–Crippen MR) is 98.2 cm³/mol. The number of hydrogen-bond donors (Lipinski definition) is 1. The van der Waals surface area contributed by atoms with Crippen LogP contribution in [0.1, 0.15) is 31.2 Å². The zero-order valence-corrected chi connectivity index (χ0v) is 14.1. The summed E-state index contributed by atoms with van der Waals surface area (Å²) in [5.74, 6) is 1.14. The molecule has 0 fully saturated rings. The van der Waals surface area contributed by atoms with Crippen molar-refractivity contribution in [3.63, 3.8) is 0 Å². The van der Waals surface area contributed by atoms with E-state index in [9.17, 15) is 4.79 Å². The minimum Gasteiger partial charge on any atom is -0.330 e. The molecule has 0 radical (unpaired) electrons. The van der Waals surface area contributed by atoms with Gasteiger partial charge >= 0.3 is 0 Å². The molecule has 4 nitrogen and oxygen atoms in total. The van der Waals surface area contributed by atoms with Gasteiger partial charge in [0.1, 0.15) is 5.82 Å². The molecule has 0 aliphatic carbocycles. The highest BCUT2D eigenvalue weighted by Gasteiger charge is 2.22. The molecule has 4 heteroatoms. The summed E-state index contributed by atoms with van der Waals surface area (Å²) in [7, 11) is 0. The highest BCUT2D eigenvalue weighted by Crippen LogP contribution is 2.23. The summed E-state index contributed by atoms with van der Waals surface area (Å²) < 4.78 is 1.79. The van der Waals surface area contributed by atoms with Gasteiger partial charge in [0.2, 0.25) is 0 Å². The van der Waals surface area contributed by atoms with Crippen molar-refractivity contribution in [2.75, 3.05) is 6.54 Å². The van der Waals surface area contributed by atoms with E-state index in [1.54, 1.807) is 4.57 Å². The Labute approximate surface area is 142 Å². The van der Waals surface area contributed by atoms with Crippen LogP contribution in [0.15, 0.2) is 59.4 Å². The molecule has 0 bridgehead atoms. The van der Waals surface area contributed by atoms with Crippen LogP contribution in [0.5, 0.6) is 0 Å². The lowest BCUT2D eigenvalue weighted by molar-refractivity contribution is 0.458. The summed E-state index contributed by atoms with van der Waals surface area (Å²) >= 11 is 0. The molecule has 24 heavy (non-hydrogen) atoms. The molecule has 3 rings (SSSR count). The van der Waals surface area contributed by atoms with E-state index in [4.69, 9.17) is 10.7 Å². The molecule has 1 unspecified atom stereocenters. The predicted octanol–water partition coefficient (Wildman–Crippen LogP) is 3.14. The van der Waals surface area contributed by atoms with Gasteiger partial charge in [-0.25, -0.2) is 4.98 Å². The Bertz CT molecular complexity index is 884. The molecule has 0 spiro atoms. The second-order valence-electron chi connectivity index (χ2n) is 6.45. The summed E-state index contributed by atoms with van der Waals surface area (Å²) in [6, 6.07) is 17.5. The van der Waals surface area contributed by atoms with E-state index in [1.807, 2.05) is 54.6 Å². The number of nitrogens with zero attached hydrogens (tertiary/aromatic N) is 2. The van der Waals surface area contributed by atoms with Gasteiger partial charge in [-0.05, 0) is 23.6 Å². The van der Waals surface area contributed by atoms with Gasteiger partial charge < -0.3 is 5.73 Å². The van der Waals surface area contributed by atoms with Gasteiger partial charge in [-0.3, -0.25) is 9.36 Å². The maximum absolute atomic E-state index is 13.1. The smallest absolute Gasteiger partial charge is 0.261 e. The standard InChI is InChI=1S/C20H23N3O/c1-14(2)17(12-21)19-22-18-11-7-6-10-16(18)20(24)23(19)13-15-8-4-3-5-9-15/h3-11,14,17H,12-13,21H2,1-2H3. The van der Waals surface area contributed by atoms with E-state index in [1.165, 1.54) is 0 Å². The van der Waals surface area contributed by atoms with Crippen molar-refractivity contribution in [3.05, 3.63) is 76.3 Å². The first-order valence-electron chi connectivity index (χ1n) is 8.35. The van der Waals surface area contributed by atoms with Crippen LogP contribution in [0.25, 0.3) is 10.9 Å². The number of aromatic nitrogens is 2. The first-order chi connectivity index (χ1) is 11.6. The Morgan fingerprint density at radius 2 is 1.71 bits per heavy atom. The summed E-state index contributed by atoms with van der Waals surface area (Å²) in [5, 5.41) is 0.650. The van der Waals surface area contributed by atoms with Crippen molar-refractivity contribution >= 4 is 10.9 Å². The average Bonchev–Trinajstić information content (AvgIpc) is 2.59. The van der Waals surface area contributed by atoms with Gasteiger partial charge in [0.05, 0.1) is 17.4 Å². The lowest BCUT2D eigenvalue weighted by atomic mass is 9.94. The van der Waals surface area contributed by atoms with Crippen LogP contribution in [0.2, 0.25) is 0 Å². The van der Waals surface area contributed by atoms with Crippen LogP contribution in [0.3, 0.4) is 0 Å². The van der Waals surface area contributed by atoms with Crippen molar-refractivity contribution in [2.45, 2.75) is 26.3 Å². The van der Waals surface area contributed by atoms with Crippen molar-refractivity contribution in [1.29, 1.82) is 0 Å². The third kappa shape index (κ3) is 3.10. The van der Waals surface area contributed by atoms with Crippen molar-refractivity contribution in [1.82, 2.24) is 9.55 Å². The van der Waals surface area contributed by atoms with Crippen LogP contribution >= 0.6 is 0 Å². The maximum Gasteiger partial charge on any atom is 0.261 e. The van der Waals surface area contributed by atoms with E-state index >= 15 is 0 Å². The van der Waals surface area contributed by atoms with Crippen LogP contribution in [-0.2, 0) is 6.54 Å². The molecule has 0 saturated heterocycles. The minimum atomic E-state index is -0.00134. The van der Waals surface area contributed by atoms with Crippen LogP contribution in [0, 0.1) is 5.92 Å². The molecule has 2 aromatic carbocycles. The van der Waals surface area contributed by atoms with Gasteiger partial charge in [-0.15, -0.1) is 0 Å². The molecule has 0 aliphatic heterocycles. The Morgan fingerprint density at radius 1 is 1.04 bits per heavy atom. The van der Waals surface area contributed by atoms with Gasteiger partial charge in [0.25, 0.3) is 5.56 Å². The van der Waals surface area contributed by atoms with Gasteiger partial charge in [-0.1, -0.05) is 56.3 Å². The summed E-state index contributed by atoms with van der Waals surface area (Å²) in [6.45, 7) is 5.21. The third-order valence-corrected chi connectivity index (χ3v) is 4.46. The SMILES string of the molecule is CC(C)C(CN)c1nc2ccccc2c(=O)n1Cc1ccccc1. The maximum atomic E-state index is 13.1. The zero-order valence-electron chi connectivity index (χ0n) is 14.1. The largest absolute Gasteiger partial charge is 0.330 e. The van der Waals surface area contributed by atoms with Crippen LogP contribution < -0.4 is 11.3 Å². The molecule has 1 atom stereocenters. The molecule has 3 aromatic rings. The average molecular weight is 321 g/mol. The topological polar surface area (TPSA) is 60.9 Å². The molecule has 1 aromatic heterocycles. The molecule has 124 valence electrons. The monoisotopic (exact) mass is 321 g/mol. The molecular formula is C20H23N3O. The number of fused-ring (bicyclic) bond motifs is 1. The van der Waals surface area contributed by atoms with E-state index in [-0.39, 0.29) is 11.5 Å². The molecule has 0 saturated carbocycles. The Hall–Kier alpha value is -2.46. The Morgan fingerprint density at radius 3 is 2.38 bits per heavy atom. The molecule has 2 N–H and O–H groups in total. The highest BCUT2D eigenvalue weighted by atomic mass is 16.1. The highest BCUT2D eigenvalue weighted by molar-refractivity contribution is 5.77. The first-order valence-corrected chi connectivity index (χ1v) is 8.35. The Kier molecular flexibility index (Phi) is 4.76. The Balaban J connectivity index is 2.23. The number of hydrogen-bond acceptors (Lipinski definition) is 3. The van der Waals surface area contributed by atoms with Crippen LogP contribution in [0.4, 0.5) is 0 Å². The van der Waals surface area contributed by atoms with E-state index in [0.29, 0.717) is 24.4 Å². The van der Waals surface area contributed by atoms with Gasteiger partial charge in [0, 0.05) is 12.5 Å². The minimum absolute atomic E-state index is 0.00134. The number of rotatable bonds is 5. The fraction of sp³-hybridized carbons (Fsp3) is 0.300. The van der Waals surface area contributed by atoms with Crippen LogP contribution in [-0.4, -0.2) is 16.1 Å². The molecular weight excluding hydrogens is 298 g/mol. The van der Waals surface area contributed by atoms with E-state index in [2.05, 4.69) is 13.8 Å². The third-order valence-electron chi connectivity index (χ3n) is 4.46. The number of para-hydroxylation sites is 1. The quantitative estimate of drug-likeness (QED) is 0.785. The van der Waals surface area contributed by atoms with Gasteiger partial charge in [-0.2, -0.15) is 0 Å². The zero-order chi connectivity index (χ0) is 17.1. The number of nitrogens with two attached hydrogens (primary N) is 1. The molecule has 0 aliphatic rings. The normalized spacial score (nSPS) is 12.7. The fourth-order valence-electron chi connectivity index (χ4n) is 3.06. The summed E-state index contributed by atoms with van der Waals surface area (Å²) in [6.07, 6.45) is 0. The van der Waals surface area contributed by atoms with Gasteiger partial charge in [0.15, 0.2) is 0 Å². The summed E-state index contributed by atoms with van der Waals surface area (Å²) in [4.78, 5) is 17.9. The summed E-state index contributed by atoms with van der Waals surface area (Å²) in [5.41, 5.74) is 7.82.